The zero-order chi connectivity index (χ0) is 14.7. The van der Waals surface area contributed by atoms with Crippen LogP contribution in [0.4, 0.5) is 5.82 Å². The number of anilines is 1. The van der Waals surface area contributed by atoms with Crippen LogP contribution in [0.5, 0.6) is 0 Å². The first-order chi connectivity index (χ1) is 9.49. The quantitative estimate of drug-likeness (QED) is 0.820. The van der Waals surface area contributed by atoms with Crippen molar-refractivity contribution in [1.29, 1.82) is 0 Å². The van der Waals surface area contributed by atoms with Crippen molar-refractivity contribution in [2.75, 3.05) is 25.0 Å². The summed E-state index contributed by atoms with van der Waals surface area (Å²) in [4.78, 5) is 7.70. The van der Waals surface area contributed by atoms with Gasteiger partial charge in [-0.2, -0.15) is 0 Å². The first-order valence-corrected chi connectivity index (χ1v) is 7.91. The molecule has 2 N–H and O–H groups in total. The van der Waals surface area contributed by atoms with Gasteiger partial charge in [0.2, 0.25) is 0 Å². The molecule has 0 fully saturated rings. The second-order valence-electron chi connectivity index (χ2n) is 5.69. The SMILES string of the molecule is CC(C)CNCc1c(N(C)CC(C)O)nc2sccn12. The number of likely N-dealkylation sites (N-methyl/N-ethyl adjacent to an activating group) is 1. The normalized spacial score (nSPS) is 13.3. The Morgan fingerprint density at radius 3 is 2.85 bits per heavy atom. The molecule has 5 nitrogen and oxygen atoms in total. The third kappa shape index (κ3) is 3.50. The van der Waals surface area contributed by atoms with Gasteiger partial charge < -0.3 is 15.3 Å². The van der Waals surface area contributed by atoms with Crippen LogP contribution >= 0.6 is 11.3 Å². The predicted octanol–water partition coefficient (Wildman–Crippen LogP) is 1.96. The van der Waals surface area contributed by atoms with E-state index in [1.165, 1.54) is 0 Å². The summed E-state index contributed by atoms with van der Waals surface area (Å²) in [6, 6.07) is 0. The van der Waals surface area contributed by atoms with E-state index in [-0.39, 0.29) is 6.10 Å². The molecule has 2 aromatic heterocycles. The van der Waals surface area contributed by atoms with Crippen LogP contribution in [0.3, 0.4) is 0 Å². The van der Waals surface area contributed by atoms with E-state index >= 15 is 0 Å². The molecule has 0 aliphatic rings. The number of nitrogens with zero attached hydrogens (tertiary/aromatic N) is 3. The summed E-state index contributed by atoms with van der Waals surface area (Å²) >= 11 is 1.63. The summed E-state index contributed by atoms with van der Waals surface area (Å²) in [5.74, 6) is 1.58. The summed E-state index contributed by atoms with van der Waals surface area (Å²) in [5, 5.41) is 15.1. The minimum atomic E-state index is -0.365. The standard InChI is InChI=1S/C14H24N4OS/c1-10(2)7-15-8-12-13(17(4)9-11(3)19)16-14-18(12)5-6-20-14/h5-6,10-11,15,19H,7-9H2,1-4H3. The average Bonchev–Trinajstić information content (AvgIpc) is 2.89. The van der Waals surface area contributed by atoms with Crippen molar-refractivity contribution >= 4 is 22.1 Å². The van der Waals surface area contributed by atoms with Crippen LogP contribution in [-0.4, -0.2) is 40.7 Å². The van der Waals surface area contributed by atoms with Crippen molar-refractivity contribution in [2.24, 2.45) is 5.92 Å². The van der Waals surface area contributed by atoms with Crippen molar-refractivity contribution in [3.05, 3.63) is 17.3 Å². The lowest BCUT2D eigenvalue weighted by Gasteiger charge is -2.20. The van der Waals surface area contributed by atoms with Crippen LogP contribution in [0.1, 0.15) is 26.5 Å². The lowest BCUT2D eigenvalue weighted by atomic mass is 10.2. The lowest BCUT2D eigenvalue weighted by molar-refractivity contribution is 0.201. The highest BCUT2D eigenvalue weighted by Gasteiger charge is 2.17. The molecule has 0 bridgehead atoms. The van der Waals surface area contributed by atoms with Crippen LogP contribution in [0.15, 0.2) is 11.6 Å². The number of aliphatic hydroxyl groups excluding tert-OH is 1. The molecular weight excluding hydrogens is 272 g/mol. The van der Waals surface area contributed by atoms with Crippen LogP contribution in [0.25, 0.3) is 4.96 Å². The molecule has 0 spiro atoms. The molecular formula is C14H24N4OS. The molecule has 112 valence electrons. The van der Waals surface area contributed by atoms with E-state index < -0.39 is 0 Å². The van der Waals surface area contributed by atoms with Crippen molar-refractivity contribution in [2.45, 2.75) is 33.4 Å². The van der Waals surface area contributed by atoms with E-state index in [1.54, 1.807) is 18.3 Å². The maximum atomic E-state index is 9.56. The van der Waals surface area contributed by atoms with Gasteiger partial charge in [-0.1, -0.05) is 13.8 Å². The largest absolute Gasteiger partial charge is 0.392 e. The number of aromatic nitrogens is 2. The van der Waals surface area contributed by atoms with Gasteiger partial charge in [0.05, 0.1) is 11.8 Å². The Labute approximate surface area is 124 Å². The minimum Gasteiger partial charge on any atom is -0.392 e. The molecule has 0 aliphatic carbocycles. The molecule has 2 rings (SSSR count). The maximum absolute atomic E-state index is 9.56. The second-order valence-corrected chi connectivity index (χ2v) is 6.56. The topological polar surface area (TPSA) is 52.8 Å². The zero-order valence-corrected chi connectivity index (χ0v) is 13.4. The van der Waals surface area contributed by atoms with Crippen LogP contribution in [0, 0.1) is 5.92 Å². The highest BCUT2D eigenvalue weighted by atomic mass is 32.1. The van der Waals surface area contributed by atoms with Gasteiger partial charge in [0.25, 0.3) is 0 Å². The van der Waals surface area contributed by atoms with Crippen molar-refractivity contribution in [3.63, 3.8) is 0 Å². The molecule has 0 radical (unpaired) electrons. The third-order valence-corrected chi connectivity index (χ3v) is 3.84. The van der Waals surface area contributed by atoms with Gasteiger partial charge in [-0.15, -0.1) is 11.3 Å². The van der Waals surface area contributed by atoms with Crippen LogP contribution in [-0.2, 0) is 6.54 Å². The number of rotatable bonds is 7. The molecule has 0 amide bonds. The first-order valence-electron chi connectivity index (χ1n) is 7.03. The van der Waals surface area contributed by atoms with Gasteiger partial charge >= 0.3 is 0 Å². The summed E-state index contributed by atoms with van der Waals surface area (Å²) in [5.41, 5.74) is 1.16. The Hall–Kier alpha value is -1.11. The Morgan fingerprint density at radius 1 is 1.45 bits per heavy atom. The number of aliphatic hydroxyl groups is 1. The molecule has 0 aromatic carbocycles. The first kappa shape index (κ1) is 15.3. The van der Waals surface area contributed by atoms with Gasteiger partial charge in [-0.3, -0.25) is 4.40 Å². The molecule has 1 unspecified atom stereocenters. The summed E-state index contributed by atoms with van der Waals surface area (Å²) in [7, 11) is 1.98. The Morgan fingerprint density at radius 2 is 2.20 bits per heavy atom. The fourth-order valence-corrected chi connectivity index (χ4v) is 2.98. The highest BCUT2D eigenvalue weighted by molar-refractivity contribution is 7.15. The Bertz CT molecular complexity index is 546. The number of hydrogen-bond donors (Lipinski definition) is 2. The predicted molar refractivity (Wildman–Crippen MR) is 84.6 cm³/mol. The third-order valence-electron chi connectivity index (χ3n) is 3.08. The maximum Gasteiger partial charge on any atom is 0.195 e. The van der Waals surface area contributed by atoms with Crippen LogP contribution in [0.2, 0.25) is 0 Å². The van der Waals surface area contributed by atoms with Crippen molar-refractivity contribution in [1.82, 2.24) is 14.7 Å². The highest BCUT2D eigenvalue weighted by Crippen LogP contribution is 2.24. The van der Waals surface area contributed by atoms with E-state index in [9.17, 15) is 5.11 Å². The van der Waals surface area contributed by atoms with E-state index in [4.69, 9.17) is 0 Å². The average molecular weight is 296 g/mol. The molecule has 6 heteroatoms. The Balaban J connectivity index is 2.21. The number of nitrogens with one attached hydrogen (secondary N) is 1. The molecule has 0 saturated heterocycles. The van der Waals surface area contributed by atoms with Crippen LogP contribution < -0.4 is 10.2 Å². The van der Waals surface area contributed by atoms with Gasteiger partial charge in [0, 0.05) is 31.7 Å². The van der Waals surface area contributed by atoms with Gasteiger partial charge in [0.15, 0.2) is 10.8 Å². The van der Waals surface area contributed by atoms with E-state index in [0.29, 0.717) is 12.5 Å². The molecule has 20 heavy (non-hydrogen) atoms. The molecule has 2 heterocycles. The second kappa shape index (κ2) is 6.56. The summed E-state index contributed by atoms with van der Waals surface area (Å²) in [6.07, 6.45) is 1.69. The minimum absolute atomic E-state index is 0.365. The smallest absolute Gasteiger partial charge is 0.195 e. The molecule has 0 saturated carbocycles. The van der Waals surface area contributed by atoms with E-state index in [1.807, 2.05) is 17.3 Å². The summed E-state index contributed by atoms with van der Waals surface area (Å²) in [6.45, 7) is 8.55. The Kier molecular flexibility index (Phi) is 5.01. The summed E-state index contributed by atoms with van der Waals surface area (Å²) < 4.78 is 2.13. The van der Waals surface area contributed by atoms with Crippen molar-refractivity contribution < 1.29 is 5.11 Å². The fraction of sp³-hybridized carbons (Fsp3) is 0.643. The fourth-order valence-electron chi connectivity index (χ4n) is 2.25. The monoisotopic (exact) mass is 296 g/mol. The van der Waals surface area contributed by atoms with Crippen molar-refractivity contribution in [3.8, 4) is 0 Å². The van der Waals surface area contributed by atoms with E-state index in [2.05, 4.69) is 34.7 Å². The van der Waals surface area contributed by atoms with Gasteiger partial charge in [-0.25, -0.2) is 4.98 Å². The number of fused-ring (bicyclic) bond motifs is 1. The van der Waals surface area contributed by atoms with E-state index in [0.717, 1.165) is 29.6 Å². The number of imidazole rings is 1. The van der Waals surface area contributed by atoms with Gasteiger partial charge in [0.1, 0.15) is 0 Å². The lowest BCUT2D eigenvalue weighted by Crippen LogP contribution is -2.29. The molecule has 0 aliphatic heterocycles. The molecule has 1 atom stereocenters. The van der Waals surface area contributed by atoms with Gasteiger partial charge in [-0.05, 0) is 19.4 Å². The zero-order valence-electron chi connectivity index (χ0n) is 12.6. The number of hydrogen-bond acceptors (Lipinski definition) is 5. The number of thiazole rings is 1. The molecule has 2 aromatic rings.